The van der Waals surface area contributed by atoms with Gasteiger partial charge in [-0.05, 0) is 25.5 Å². The van der Waals surface area contributed by atoms with Crippen LogP contribution in [0.5, 0.6) is 0 Å². The Morgan fingerprint density at radius 1 is 1.60 bits per heavy atom. The number of nitrogens with one attached hydrogen (secondary N) is 1. The summed E-state index contributed by atoms with van der Waals surface area (Å²) in [6.45, 7) is 9.00. The van der Waals surface area contributed by atoms with Crippen molar-refractivity contribution in [3.63, 3.8) is 0 Å². The maximum atomic E-state index is 4.46. The van der Waals surface area contributed by atoms with E-state index >= 15 is 0 Å². The lowest BCUT2D eigenvalue weighted by molar-refractivity contribution is 0.514. The topological polar surface area (TPSA) is 29.9 Å². The molecular weight excluding hydrogens is 186 g/mol. The highest BCUT2D eigenvalue weighted by molar-refractivity contribution is 5.15. The lowest BCUT2D eigenvalue weighted by Gasteiger charge is -2.15. The van der Waals surface area contributed by atoms with Crippen molar-refractivity contribution in [2.75, 3.05) is 6.54 Å². The number of hydrogen-bond donors (Lipinski definition) is 1. The van der Waals surface area contributed by atoms with Crippen molar-refractivity contribution >= 4 is 0 Å². The summed E-state index contributed by atoms with van der Waals surface area (Å²) in [7, 11) is 2.00. The van der Waals surface area contributed by atoms with Crippen LogP contribution in [0.25, 0.3) is 0 Å². The van der Waals surface area contributed by atoms with E-state index in [2.05, 4.69) is 36.9 Å². The molecule has 0 saturated heterocycles. The van der Waals surface area contributed by atoms with Crippen molar-refractivity contribution in [2.24, 2.45) is 7.05 Å². The summed E-state index contributed by atoms with van der Waals surface area (Å²) < 4.78 is 1.97. The molecular formula is C12H21N3. The predicted molar refractivity (Wildman–Crippen MR) is 63.8 cm³/mol. The molecule has 1 heterocycles. The Bertz CT molecular complexity index is 315. The molecule has 0 radical (unpaired) electrons. The van der Waals surface area contributed by atoms with Crippen molar-refractivity contribution in [1.82, 2.24) is 15.1 Å². The molecule has 1 unspecified atom stereocenters. The van der Waals surface area contributed by atoms with E-state index in [4.69, 9.17) is 0 Å². The van der Waals surface area contributed by atoms with Gasteiger partial charge in [0.15, 0.2) is 0 Å². The van der Waals surface area contributed by atoms with E-state index in [1.165, 1.54) is 5.69 Å². The van der Waals surface area contributed by atoms with E-state index in [0.29, 0.717) is 6.04 Å². The van der Waals surface area contributed by atoms with E-state index in [-0.39, 0.29) is 0 Å². The van der Waals surface area contributed by atoms with Crippen LogP contribution in [0.4, 0.5) is 0 Å². The summed E-state index contributed by atoms with van der Waals surface area (Å²) in [5.41, 5.74) is 2.40. The van der Waals surface area contributed by atoms with E-state index in [1.54, 1.807) is 0 Å². The van der Waals surface area contributed by atoms with Gasteiger partial charge < -0.3 is 5.32 Å². The average molecular weight is 207 g/mol. The quantitative estimate of drug-likeness (QED) is 0.725. The Hall–Kier alpha value is -1.09. The van der Waals surface area contributed by atoms with Crippen molar-refractivity contribution in [3.8, 4) is 0 Å². The van der Waals surface area contributed by atoms with E-state index in [9.17, 15) is 0 Å². The number of aryl methyl sites for hydroxylation is 2. The Balaban J connectivity index is 2.88. The molecule has 1 rings (SSSR count). The zero-order valence-corrected chi connectivity index (χ0v) is 9.95. The van der Waals surface area contributed by atoms with E-state index in [1.807, 2.05) is 17.8 Å². The third-order valence-corrected chi connectivity index (χ3v) is 2.54. The largest absolute Gasteiger partial charge is 0.309 e. The molecule has 15 heavy (non-hydrogen) atoms. The van der Waals surface area contributed by atoms with Crippen LogP contribution in [0.15, 0.2) is 18.7 Å². The minimum absolute atomic E-state index is 0.338. The number of nitrogens with zero attached hydrogens (tertiary/aromatic N) is 2. The van der Waals surface area contributed by atoms with Crippen molar-refractivity contribution in [3.05, 3.63) is 30.1 Å². The van der Waals surface area contributed by atoms with E-state index < -0.39 is 0 Å². The zero-order chi connectivity index (χ0) is 11.3. The van der Waals surface area contributed by atoms with Crippen LogP contribution in [0.3, 0.4) is 0 Å². The van der Waals surface area contributed by atoms with Gasteiger partial charge in [-0.1, -0.05) is 19.9 Å². The molecule has 0 aliphatic rings. The maximum Gasteiger partial charge on any atom is 0.0625 e. The molecule has 84 valence electrons. The molecule has 3 nitrogen and oxygen atoms in total. The fraction of sp³-hybridized carbons (Fsp3) is 0.583. The zero-order valence-electron chi connectivity index (χ0n) is 9.95. The fourth-order valence-corrected chi connectivity index (χ4v) is 1.76. The summed E-state index contributed by atoms with van der Waals surface area (Å²) in [6.07, 6.45) is 3.88. The lowest BCUT2D eigenvalue weighted by Crippen LogP contribution is -2.22. The Labute approximate surface area is 92.2 Å². The van der Waals surface area contributed by atoms with Crippen LogP contribution in [0.1, 0.15) is 37.7 Å². The van der Waals surface area contributed by atoms with Crippen LogP contribution in [0, 0.1) is 0 Å². The molecule has 0 saturated carbocycles. The molecule has 0 aromatic carbocycles. The van der Waals surface area contributed by atoms with Gasteiger partial charge in [0.25, 0.3) is 0 Å². The minimum atomic E-state index is 0.338. The van der Waals surface area contributed by atoms with Crippen LogP contribution >= 0.6 is 0 Å². The van der Waals surface area contributed by atoms with Crippen LogP contribution in [-0.2, 0) is 13.5 Å². The second kappa shape index (κ2) is 5.71. The van der Waals surface area contributed by atoms with Gasteiger partial charge >= 0.3 is 0 Å². The third kappa shape index (κ3) is 2.93. The molecule has 3 heteroatoms. The molecule has 1 aromatic rings. The molecule has 0 amide bonds. The van der Waals surface area contributed by atoms with Crippen molar-refractivity contribution in [1.29, 1.82) is 0 Å². The Kier molecular flexibility index (Phi) is 4.56. The smallest absolute Gasteiger partial charge is 0.0625 e. The summed E-state index contributed by atoms with van der Waals surface area (Å²) in [4.78, 5) is 0. The molecule has 0 aliphatic heterocycles. The maximum absolute atomic E-state index is 4.46. The van der Waals surface area contributed by atoms with Crippen LogP contribution < -0.4 is 5.32 Å². The van der Waals surface area contributed by atoms with Gasteiger partial charge in [-0.15, -0.1) is 6.58 Å². The highest BCUT2D eigenvalue weighted by atomic mass is 15.3. The predicted octanol–water partition coefficient (Wildman–Crippen LogP) is 2.21. The average Bonchev–Trinajstić information content (AvgIpc) is 2.59. The van der Waals surface area contributed by atoms with Gasteiger partial charge in [-0.25, -0.2) is 0 Å². The second-order valence-corrected chi connectivity index (χ2v) is 3.67. The van der Waals surface area contributed by atoms with Gasteiger partial charge in [-0.3, -0.25) is 4.68 Å². The standard InChI is InChI=1S/C12H21N3/c1-5-8-11(13-7-3)12-9-10(6-2)14-15(12)4/h5,9,11,13H,1,6-8H2,2-4H3. The first-order valence-corrected chi connectivity index (χ1v) is 5.60. The summed E-state index contributed by atoms with van der Waals surface area (Å²) in [5, 5.41) is 7.90. The van der Waals surface area contributed by atoms with Crippen molar-refractivity contribution < 1.29 is 0 Å². The molecule has 0 spiro atoms. The van der Waals surface area contributed by atoms with Crippen LogP contribution in [-0.4, -0.2) is 16.3 Å². The first kappa shape index (κ1) is 12.0. The number of rotatable bonds is 6. The monoisotopic (exact) mass is 207 g/mol. The van der Waals surface area contributed by atoms with E-state index in [0.717, 1.165) is 25.1 Å². The number of hydrogen-bond acceptors (Lipinski definition) is 2. The molecule has 1 atom stereocenters. The molecule has 0 bridgehead atoms. The Morgan fingerprint density at radius 2 is 2.33 bits per heavy atom. The van der Waals surface area contributed by atoms with Crippen LogP contribution in [0.2, 0.25) is 0 Å². The SMILES string of the molecule is C=CCC(NCC)c1cc(CC)nn1C. The highest BCUT2D eigenvalue weighted by Crippen LogP contribution is 2.17. The third-order valence-electron chi connectivity index (χ3n) is 2.54. The molecule has 0 fully saturated rings. The second-order valence-electron chi connectivity index (χ2n) is 3.67. The first-order chi connectivity index (χ1) is 7.22. The summed E-state index contributed by atoms with van der Waals surface area (Å²) in [6, 6.07) is 2.52. The highest BCUT2D eigenvalue weighted by Gasteiger charge is 2.13. The van der Waals surface area contributed by atoms with Gasteiger partial charge in [0.1, 0.15) is 0 Å². The van der Waals surface area contributed by atoms with Gasteiger partial charge in [0, 0.05) is 7.05 Å². The molecule has 1 N–H and O–H groups in total. The Morgan fingerprint density at radius 3 is 2.80 bits per heavy atom. The normalized spacial score (nSPS) is 12.7. The summed E-state index contributed by atoms with van der Waals surface area (Å²) >= 11 is 0. The minimum Gasteiger partial charge on any atom is -0.309 e. The van der Waals surface area contributed by atoms with Gasteiger partial charge in [0.05, 0.1) is 17.4 Å². The molecule has 0 aliphatic carbocycles. The lowest BCUT2D eigenvalue weighted by atomic mass is 10.1. The van der Waals surface area contributed by atoms with Gasteiger partial charge in [0.2, 0.25) is 0 Å². The fourth-order valence-electron chi connectivity index (χ4n) is 1.76. The van der Waals surface area contributed by atoms with Gasteiger partial charge in [-0.2, -0.15) is 5.10 Å². The number of aromatic nitrogens is 2. The van der Waals surface area contributed by atoms with Crippen molar-refractivity contribution in [2.45, 2.75) is 32.7 Å². The summed E-state index contributed by atoms with van der Waals surface area (Å²) in [5.74, 6) is 0. The molecule has 1 aromatic heterocycles. The first-order valence-electron chi connectivity index (χ1n) is 5.60.